The van der Waals surface area contributed by atoms with Crippen molar-refractivity contribution in [3.05, 3.63) is 131 Å². The van der Waals surface area contributed by atoms with Crippen molar-refractivity contribution in [2.24, 2.45) is 0 Å². The molecule has 5 N–H and O–H groups in total. The third kappa shape index (κ3) is 11.0. The molecule has 1 amide bonds. The number of carbonyl (C=O) groups is 4. The Bertz CT molecular complexity index is 1980. The predicted octanol–water partition coefficient (Wildman–Crippen LogP) is 6.73. The fraction of sp³-hybridized carbons (Fsp3) is 0.318. The van der Waals surface area contributed by atoms with Gasteiger partial charge in [0.2, 0.25) is 0 Å². The Labute approximate surface area is 327 Å². The molecule has 4 aromatic carbocycles. The fourth-order valence-electron chi connectivity index (χ4n) is 7.26. The highest BCUT2D eigenvalue weighted by Gasteiger charge is 2.47. The first-order valence-corrected chi connectivity index (χ1v) is 18.4. The van der Waals surface area contributed by atoms with Crippen LogP contribution in [0.25, 0.3) is 6.08 Å². The minimum atomic E-state index is -1.31. The van der Waals surface area contributed by atoms with Crippen LogP contribution in [0.1, 0.15) is 84.7 Å². The summed E-state index contributed by atoms with van der Waals surface area (Å²) in [6.07, 6.45) is 2.77. The monoisotopic (exact) mass is 762 g/mol. The van der Waals surface area contributed by atoms with Crippen LogP contribution < -0.4 is 21.5 Å². The standard InChI is InChI=1S/C44H50N4O8/c1-43(2)26-36(47-40(50)32-22-34(45)25-35(46)23-32)27-44(3,4)48(43)54-28-33(30-12-8-6-9-13-30)24-38(56-41(51)31-14-10-7-11-15-31)42(52)55-37-19-16-29(17-20-37)18-21-39(49)53-5/h6-23,25,33,36,38H,24,26-28,45-46H2,1-5H3,(H,47,50)/b21-18+. The van der Waals surface area contributed by atoms with E-state index in [0.29, 0.717) is 35.3 Å². The number of ether oxygens (including phenoxy) is 3. The van der Waals surface area contributed by atoms with Crippen LogP contribution in [0.3, 0.4) is 0 Å². The van der Waals surface area contributed by atoms with Gasteiger partial charge < -0.3 is 31.0 Å². The van der Waals surface area contributed by atoms with Crippen LogP contribution in [0.4, 0.5) is 11.4 Å². The number of nitrogens with two attached hydrogens (primary N) is 2. The second-order valence-corrected chi connectivity index (χ2v) is 15.1. The van der Waals surface area contributed by atoms with E-state index in [9.17, 15) is 19.2 Å². The summed E-state index contributed by atoms with van der Waals surface area (Å²) in [7, 11) is 1.29. The maximum absolute atomic E-state index is 13.9. The smallest absolute Gasteiger partial charge is 0.352 e. The molecule has 0 radical (unpaired) electrons. The summed E-state index contributed by atoms with van der Waals surface area (Å²) in [5, 5.41) is 5.13. The average molecular weight is 763 g/mol. The molecule has 0 spiro atoms. The number of methoxy groups -OCH3 is 1. The highest BCUT2D eigenvalue weighted by Crippen LogP contribution is 2.40. The van der Waals surface area contributed by atoms with Crippen LogP contribution in [-0.2, 0) is 23.9 Å². The number of hydroxylamine groups is 2. The van der Waals surface area contributed by atoms with E-state index in [-0.39, 0.29) is 36.3 Å². The topological polar surface area (TPSA) is 173 Å². The van der Waals surface area contributed by atoms with Gasteiger partial charge in [-0.1, -0.05) is 60.7 Å². The zero-order valence-electron chi connectivity index (χ0n) is 32.4. The van der Waals surface area contributed by atoms with Gasteiger partial charge in [0, 0.05) is 52.5 Å². The number of nitrogen functional groups attached to an aromatic ring is 2. The number of nitrogens with one attached hydrogen (secondary N) is 1. The van der Waals surface area contributed by atoms with E-state index >= 15 is 0 Å². The number of anilines is 2. The molecule has 0 saturated carbocycles. The van der Waals surface area contributed by atoms with Gasteiger partial charge in [0.25, 0.3) is 5.91 Å². The molecule has 1 aliphatic heterocycles. The molecule has 1 saturated heterocycles. The van der Waals surface area contributed by atoms with Crippen molar-refractivity contribution >= 4 is 41.3 Å². The number of carbonyl (C=O) groups excluding carboxylic acids is 4. The van der Waals surface area contributed by atoms with Gasteiger partial charge >= 0.3 is 17.9 Å². The average Bonchev–Trinajstić information content (AvgIpc) is 3.15. The Kier molecular flexibility index (Phi) is 13.3. The van der Waals surface area contributed by atoms with Gasteiger partial charge in [-0.3, -0.25) is 9.63 Å². The summed E-state index contributed by atoms with van der Waals surface area (Å²) in [6.45, 7) is 8.37. The largest absolute Gasteiger partial charge is 0.466 e. The first-order valence-electron chi connectivity index (χ1n) is 18.4. The first-order chi connectivity index (χ1) is 26.6. The molecular formula is C44H50N4O8. The van der Waals surface area contributed by atoms with Crippen LogP contribution in [0.5, 0.6) is 5.75 Å². The number of piperidine rings is 1. The number of rotatable bonds is 14. The Morgan fingerprint density at radius 1 is 0.821 bits per heavy atom. The summed E-state index contributed by atoms with van der Waals surface area (Å²) >= 11 is 0. The van der Waals surface area contributed by atoms with Crippen LogP contribution in [0.2, 0.25) is 0 Å². The molecule has 1 fully saturated rings. The molecule has 2 unspecified atom stereocenters. The van der Waals surface area contributed by atoms with Gasteiger partial charge in [-0.15, -0.1) is 0 Å². The molecule has 1 heterocycles. The molecule has 5 rings (SSSR count). The van der Waals surface area contributed by atoms with E-state index in [4.69, 9.17) is 25.8 Å². The maximum Gasteiger partial charge on any atom is 0.352 e. The third-order valence-corrected chi connectivity index (χ3v) is 9.57. The van der Waals surface area contributed by atoms with Gasteiger partial charge in [-0.25, -0.2) is 14.4 Å². The van der Waals surface area contributed by atoms with E-state index in [1.165, 1.54) is 13.2 Å². The van der Waals surface area contributed by atoms with Crippen LogP contribution in [0, 0.1) is 0 Å². The predicted molar refractivity (Wildman–Crippen MR) is 214 cm³/mol. The summed E-state index contributed by atoms with van der Waals surface area (Å²) in [5.41, 5.74) is 13.9. The zero-order chi connectivity index (χ0) is 40.5. The number of esters is 3. The summed E-state index contributed by atoms with van der Waals surface area (Å²) in [5.74, 6) is -2.36. The molecule has 0 bridgehead atoms. The number of amides is 1. The van der Waals surface area contributed by atoms with Crippen LogP contribution >= 0.6 is 0 Å². The Balaban J connectivity index is 1.34. The molecule has 12 heteroatoms. The Hall–Kier alpha value is -5.98. The summed E-state index contributed by atoms with van der Waals surface area (Å²) in [6, 6.07) is 29.2. The number of hydrogen-bond donors (Lipinski definition) is 3. The lowest BCUT2D eigenvalue weighted by molar-refractivity contribution is -0.286. The van der Waals surface area contributed by atoms with Crippen molar-refractivity contribution in [3.63, 3.8) is 0 Å². The number of hydrogen-bond acceptors (Lipinski definition) is 11. The SMILES string of the molecule is COC(=O)/C=C/c1ccc(OC(=O)C(CC(CON2C(C)(C)CC(NC(=O)c3cc(N)cc(N)c3)CC2(C)C)c2ccccc2)OC(=O)c2ccccc2)cc1. The van der Waals surface area contributed by atoms with Crippen molar-refractivity contribution in [3.8, 4) is 5.75 Å². The second-order valence-electron chi connectivity index (χ2n) is 15.1. The van der Waals surface area contributed by atoms with Crippen LogP contribution in [0.15, 0.2) is 109 Å². The third-order valence-electron chi connectivity index (χ3n) is 9.57. The molecule has 0 aliphatic carbocycles. The Morgan fingerprint density at radius 3 is 2.00 bits per heavy atom. The first kappa shape index (κ1) is 41.2. The molecule has 56 heavy (non-hydrogen) atoms. The van der Waals surface area contributed by atoms with Crippen molar-refractivity contribution in [2.75, 3.05) is 25.2 Å². The van der Waals surface area contributed by atoms with Gasteiger partial charge in [-0.2, -0.15) is 5.06 Å². The minimum absolute atomic E-state index is 0.0537. The normalized spacial score (nSPS) is 16.4. The number of nitrogens with zero attached hydrogens (tertiary/aromatic N) is 1. The van der Waals surface area contributed by atoms with Crippen LogP contribution in [-0.4, -0.2) is 65.8 Å². The van der Waals surface area contributed by atoms with Gasteiger partial charge in [-0.05, 0) is 100 Å². The molecule has 12 nitrogen and oxygen atoms in total. The number of benzene rings is 4. The van der Waals surface area contributed by atoms with E-state index in [2.05, 4.69) is 37.7 Å². The quantitative estimate of drug-likeness (QED) is 0.0539. The molecule has 294 valence electrons. The lowest BCUT2D eigenvalue weighted by Crippen LogP contribution is -2.64. The molecule has 1 aliphatic rings. The van der Waals surface area contributed by atoms with Gasteiger partial charge in [0.05, 0.1) is 19.3 Å². The molecule has 2 atom stereocenters. The van der Waals surface area contributed by atoms with Crippen molar-refractivity contribution in [1.29, 1.82) is 0 Å². The Morgan fingerprint density at radius 2 is 1.41 bits per heavy atom. The van der Waals surface area contributed by atoms with E-state index < -0.39 is 41.0 Å². The van der Waals surface area contributed by atoms with Crippen molar-refractivity contribution < 1.29 is 38.2 Å². The van der Waals surface area contributed by atoms with E-state index in [0.717, 1.165) is 5.56 Å². The van der Waals surface area contributed by atoms with E-state index in [1.54, 1.807) is 78.9 Å². The fourth-order valence-corrected chi connectivity index (χ4v) is 7.26. The van der Waals surface area contributed by atoms with Gasteiger partial charge in [0.15, 0.2) is 6.10 Å². The molecule has 4 aromatic rings. The van der Waals surface area contributed by atoms with Crippen molar-refractivity contribution in [1.82, 2.24) is 10.4 Å². The minimum Gasteiger partial charge on any atom is -0.466 e. The summed E-state index contributed by atoms with van der Waals surface area (Å²) in [4.78, 5) is 58.7. The second kappa shape index (κ2) is 18.1. The zero-order valence-corrected chi connectivity index (χ0v) is 32.4. The highest BCUT2D eigenvalue weighted by atomic mass is 16.7. The highest BCUT2D eigenvalue weighted by molar-refractivity contribution is 5.96. The van der Waals surface area contributed by atoms with Crippen molar-refractivity contribution in [2.45, 2.75) is 76.1 Å². The summed E-state index contributed by atoms with van der Waals surface area (Å²) < 4.78 is 16.3. The maximum atomic E-state index is 13.9. The van der Waals surface area contributed by atoms with E-state index in [1.807, 2.05) is 35.4 Å². The lowest BCUT2D eigenvalue weighted by atomic mass is 9.79. The molecular weight excluding hydrogens is 713 g/mol. The lowest BCUT2D eigenvalue weighted by Gasteiger charge is -2.54. The van der Waals surface area contributed by atoms with Gasteiger partial charge in [0.1, 0.15) is 5.75 Å². The molecule has 0 aromatic heterocycles.